The average molecular weight is 345 g/mol. The van der Waals surface area contributed by atoms with Crippen LogP contribution in [0.25, 0.3) is 0 Å². The zero-order valence-corrected chi connectivity index (χ0v) is 13.4. The molecule has 2 N–H and O–H groups in total. The van der Waals surface area contributed by atoms with E-state index in [-0.39, 0.29) is 12.5 Å². The molecule has 1 heterocycles. The first kappa shape index (κ1) is 18.5. The van der Waals surface area contributed by atoms with E-state index in [0.717, 1.165) is 0 Å². The average Bonchev–Trinajstić information content (AvgIpc) is 2.54. The lowest BCUT2D eigenvalue weighted by Crippen LogP contribution is -2.49. The molecule has 2 rings (SSSR count). The Hall–Kier alpha value is -1.80. The first-order valence-corrected chi connectivity index (χ1v) is 7.87. The molecule has 1 aromatic rings. The molecule has 1 aromatic carbocycles. The highest BCUT2D eigenvalue weighted by atomic mass is 19.4. The number of hydrogen-bond donors (Lipinski definition) is 1. The first-order chi connectivity index (χ1) is 11.4. The van der Waals surface area contributed by atoms with Crippen molar-refractivity contribution in [2.75, 3.05) is 51.7 Å². The summed E-state index contributed by atoms with van der Waals surface area (Å²) in [6.45, 7) is 2.09. The van der Waals surface area contributed by atoms with E-state index in [0.29, 0.717) is 50.4 Å². The first-order valence-electron chi connectivity index (χ1n) is 7.87. The Morgan fingerprint density at radius 1 is 1.17 bits per heavy atom. The number of carbonyl (C=O) groups is 1. The number of hydrogen-bond acceptors (Lipinski definition) is 4. The molecule has 0 aromatic heterocycles. The molecule has 0 saturated carbocycles. The largest absolute Gasteiger partial charge is 0.411 e. The number of rotatable bonds is 6. The number of piperazine rings is 1. The van der Waals surface area contributed by atoms with Crippen molar-refractivity contribution in [2.45, 2.75) is 12.6 Å². The van der Waals surface area contributed by atoms with E-state index < -0.39 is 12.8 Å². The molecule has 0 atom stereocenters. The van der Waals surface area contributed by atoms with Crippen LogP contribution in [0.1, 0.15) is 16.8 Å². The molecular weight excluding hydrogens is 323 g/mol. The summed E-state index contributed by atoms with van der Waals surface area (Å²) in [5.41, 5.74) is 6.80. The Bertz CT molecular complexity index is 544. The Kier molecular flexibility index (Phi) is 6.44. The van der Waals surface area contributed by atoms with Crippen LogP contribution >= 0.6 is 0 Å². The summed E-state index contributed by atoms with van der Waals surface area (Å²) in [6.07, 6.45) is -3.74. The van der Waals surface area contributed by atoms with Gasteiger partial charge in [0.15, 0.2) is 0 Å². The third-order valence-electron chi connectivity index (χ3n) is 3.88. The van der Waals surface area contributed by atoms with Gasteiger partial charge in [-0.15, -0.1) is 0 Å². The normalized spacial score (nSPS) is 16.4. The second kappa shape index (κ2) is 8.34. The van der Waals surface area contributed by atoms with Gasteiger partial charge in [0.1, 0.15) is 6.61 Å². The van der Waals surface area contributed by atoms with Crippen molar-refractivity contribution in [3.63, 3.8) is 0 Å². The molecule has 8 heteroatoms. The summed E-state index contributed by atoms with van der Waals surface area (Å²) in [5.74, 6) is -0.0822. The third kappa shape index (κ3) is 5.68. The highest BCUT2D eigenvalue weighted by Gasteiger charge is 2.27. The minimum atomic E-state index is -4.27. The summed E-state index contributed by atoms with van der Waals surface area (Å²) in [4.78, 5) is 16.3. The van der Waals surface area contributed by atoms with Crippen molar-refractivity contribution >= 4 is 11.6 Å². The topological polar surface area (TPSA) is 58.8 Å². The summed E-state index contributed by atoms with van der Waals surface area (Å²) in [7, 11) is 0. The molecule has 24 heavy (non-hydrogen) atoms. The van der Waals surface area contributed by atoms with Crippen LogP contribution in [-0.4, -0.2) is 67.8 Å². The monoisotopic (exact) mass is 345 g/mol. The fourth-order valence-corrected chi connectivity index (χ4v) is 2.61. The van der Waals surface area contributed by atoms with Crippen molar-refractivity contribution in [3.05, 3.63) is 29.8 Å². The predicted molar refractivity (Wildman–Crippen MR) is 84.7 cm³/mol. The number of halogens is 3. The summed E-state index contributed by atoms with van der Waals surface area (Å²) >= 11 is 0. The van der Waals surface area contributed by atoms with E-state index in [9.17, 15) is 18.0 Å². The van der Waals surface area contributed by atoms with Gasteiger partial charge >= 0.3 is 6.18 Å². The van der Waals surface area contributed by atoms with Crippen molar-refractivity contribution < 1.29 is 22.7 Å². The fraction of sp³-hybridized carbons (Fsp3) is 0.562. The third-order valence-corrected chi connectivity index (χ3v) is 3.88. The van der Waals surface area contributed by atoms with E-state index in [2.05, 4.69) is 9.64 Å². The molecule has 0 unspecified atom stereocenters. The van der Waals surface area contributed by atoms with Gasteiger partial charge in [-0.25, -0.2) is 0 Å². The van der Waals surface area contributed by atoms with Crippen LogP contribution in [0.4, 0.5) is 18.9 Å². The van der Waals surface area contributed by atoms with Crippen LogP contribution in [0.2, 0.25) is 0 Å². The summed E-state index contributed by atoms with van der Waals surface area (Å²) < 4.78 is 40.4. The van der Waals surface area contributed by atoms with Crippen LogP contribution in [0, 0.1) is 0 Å². The molecule has 1 amide bonds. The van der Waals surface area contributed by atoms with E-state index >= 15 is 0 Å². The Morgan fingerprint density at radius 2 is 1.83 bits per heavy atom. The maximum Gasteiger partial charge on any atom is 0.411 e. The second-order valence-corrected chi connectivity index (χ2v) is 5.74. The van der Waals surface area contributed by atoms with Crippen molar-refractivity contribution in [3.8, 4) is 0 Å². The molecule has 0 radical (unpaired) electrons. The fourth-order valence-electron chi connectivity index (χ4n) is 2.61. The van der Waals surface area contributed by atoms with Gasteiger partial charge in [-0.3, -0.25) is 9.69 Å². The lowest BCUT2D eigenvalue weighted by atomic mass is 10.1. The van der Waals surface area contributed by atoms with Gasteiger partial charge in [0.2, 0.25) is 0 Å². The highest BCUT2D eigenvalue weighted by Crippen LogP contribution is 2.16. The standard InChI is InChI=1S/C16H22F3N3O2/c17-16(18,19)12-24-11-3-6-21-7-9-22(10-8-21)15(23)13-4-1-2-5-14(13)20/h1-2,4-5H,3,6-12,20H2. The maximum absolute atomic E-state index is 12.4. The van der Waals surface area contributed by atoms with Gasteiger partial charge in [0.05, 0.1) is 5.56 Å². The summed E-state index contributed by atoms with van der Waals surface area (Å²) in [5, 5.41) is 0. The van der Waals surface area contributed by atoms with Gasteiger partial charge < -0.3 is 15.4 Å². The Balaban J connectivity index is 1.68. The van der Waals surface area contributed by atoms with Crippen LogP contribution < -0.4 is 5.73 Å². The second-order valence-electron chi connectivity index (χ2n) is 5.74. The molecule has 1 aliphatic heterocycles. The minimum Gasteiger partial charge on any atom is -0.398 e. The number of para-hydroxylation sites is 1. The Labute approximate surface area is 139 Å². The van der Waals surface area contributed by atoms with Gasteiger partial charge in [0, 0.05) is 45.0 Å². The molecule has 0 spiro atoms. The van der Waals surface area contributed by atoms with Crippen molar-refractivity contribution in [1.29, 1.82) is 0 Å². The number of anilines is 1. The van der Waals surface area contributed by atoms with Gasteiger partial charge in [-0.2, -0.15) is 13.2 Å². The quantitative estimate of drug-likeness (QED) is 0.633. The molecule has 1 aliphatic rings. The van der Waals surface area contributed by atoms with Crippen LogP contribution in [0.3, 0.4) is 0 Å². The molecule has 0 bridgehead atoms. The number of nitrogens with two attached hydrogens (primary N) is 1. The van der Waals surface area contributed by atoms with Crippen LogP contribution in [0.5, 0.6) is 0 Å². The molecular formula is C16H22F3N3O2. The van der Waals surface area contributed by atoms with Gasteiger partial charge in [-0.1, -0.05) is 12.1 Å². The number of carbonyl (C=O) groups excluding carboxylic acids is 1. The van der Waals surface area contributed by atoms with E-state index in [1.807, 2.05) is 0 Å². The van der Waals surface area contributed by atoms with Gasteiger partial charge in [0.25, 0.3) is 5.91 Å². The zero-order valence-electron chi connectivity index (χ0n) is 13.4. The number of ether oxygens (including phenoxy) is 1. The maximum atomic E-state index is 12.4. The predicted octanol–water partition coefficient (Wildman–Crippen LogP) is 2.00. The molecule has 134 valence electrons. The van der Waals surface area contributed by atoms with E-state index in [4.69, 9.17) is 5.73 Å². The summed E-state index contributed by atoms with van der Waals surface area (Å²) in [6, 6.07) is 6.97. The number of amides is 1. The van der Waals surface area contributed by atoms with Crippen molar-refractivity contribution in [1.82, 2.24) is 9.80 Å². The van der Waals surface area contributed by atoms with Crippen LogP contribution in [0.15, 0.2) is 24.3 Å². The van der Waals surface area contributed by atoms with Crippen LogP contribution in [-0.2, 0) is 4.74 Å². The smallest absolute Gasteiger partial charge is 0.398 e. The zero-order chi connectivity index (χ0) is 17.6. The number of benzene rings is 1. The Morgan fingerprint density at radius 3 is 2.46 bits per heavy atom. The number of nitrogen functional groups attached to an aromatic ring is 1. The van der Waals surface area contributed by atoms with E-state index in [1.165, 1.54) is 0 Å². The molecule has 0 aliphatic carbocycles. The SMILES string of the molecule is Nc1ccccc1C(=O)N1CCN(CCCOCC(F)(F)F)CC1. The highest BCUT2D eigenvalue weighted by molar-refractivity contribution is 5.99. The van der Waals surface area contributed by atoms with Gasteiger partial charge in [-0.05, 0) is 18.6 Å². The minimum absolute atomic E-state index is 0.0822. The number of nitrogens with zero attached hydrogens (tertiary/aromatic N) is 2. The number of alkyl halides is 3. The molecule has 5 nitrogen and oxygen atoms in total. The molecule has 1 saturated heterocycles. The molecule has 1 fully saturated rings. The lowest BCUT2D eigenvalue weighted by Gasteiger charge is -2.35. The lowest BCUT2D eigenvalue weighted by molar-refractivity contribution is -0.174. The van der Waals surface area contributed by atoms with E-state index in [1.54, 1.807) is 29.2 Å². The van der Waals surface area contributed by atoms with Crippen molar-refractivity contribution in [2.24, 2.45) is 0 Å².